The first-order valence-corrected chi connectivity index (χ1v) is 13.0. The monoisotopic (exact) mass is 525 g/mol. The average Bonchev–Trinajstić information content (AvgIpc) is 3.62. The summed E-state index contributed by atoms with van der Waals surface area (Å²) in [6, 6.07) is 27.1. The van der Waals surface area contributed by atoms with E-state index in [1.807, 2.05) is 42.7 Å². The predicted molar refractivity (Wildman–Crippen MR) is 155 cm³/mol. The highest BCUT2D eigenvalue weighted by Gasteiger charge is 2.17. The van der Waals surface area contributed by atoms with Crippen LogP contribution >= 0.6 is 0 Å². The fraction of sp³-hybridized carbons (Fsp3) is 0.0625. The van der Waals surface area contributed by atoms with Gasteiger partial charge in [-0.25, -0.2) is 14.4 Å². The highest BCUT2D eigenvalue weighted by Crippen LogP contribution is 2.33. The summed E-state index contributed by atoms with van der Waals surface area (Å²) in [6.07, 6.45) is 5.40. The molecular formula is C32H24FN7. The lowest BCUT2D eigenvalue weighted by atomic mass is 10.0. The number of fused-ring (bicyclic) bond motifs is 2. The molecule has 0 unspecified atom stereocenters. The minimum absolute atomic E-state index is 0.299. The number of hydrogen-bond donors (Lipinski definition) is 3. The molecule has 0 fully saturated rings. The van der Waals surface area contributed by atoms with E-state index in [4.69, 9.17) is 4.98 Å². The van der Waals surface area contributed by atoms with Gasteiger partial charge in [-0.3, -0.25) is 10.1 Å². The second-order valence-electron chi connectivity index (χ2n) is 9.63. The van der Waals surface area contributed by atoms with Crippen LogP contribution in [-0.2, 0) is 13.1 Å². The fourth-order valence-electron chi connectivity index (χ4n) is 4.99. The van der Waals surface area contributed by atoms with E-state index in [1.165, 1.54) is 11.6 Å². The summed E-state index contributed by atoms with van der Waals surface area (Å²) in [5, 5.41) is 12.1. The van der Waals surface area contributed by atoms with Gasteiger partial charge in [-0.2, -0.15) is 5.10 Å². The number of rotatable bonds is 7. The van der Waals surface area contributed by atoms with Gasteiger partial charge in [0.05, 0.1) is 11.0 Å². The van der Waals surface area contributed by atoms with Crippen LogP contribution in [-0.4, -0.2) is 30.1 Å². The summed E-state index contributed by atoms with van der Waals surface area (Å²) in [6.45, 7) is 1.51. The molecule has 7 nitrogen and oxygen atoms in total. The molecule has 3 aromatic carbocycles. The van der Waals surface area contributed by atoms with Crippen LogP contribution in [0.25, 0.3) is 55.8 Å². The van der Waals surface area contributed by atoms with Gasteiger partial charge in [-0.05, 0) is 47.0 Å². The summed E-state index contributed by atoms with van der Waals surface area (Å²) in [7, 11) is 0. The summed E-state index contributed by atoms with van der Waals surface area (Å²) >= 11 is 0. The van der Waals surface area contributed by atoms with Crippen molar-refractivity contribution in [3.63, 3.8) is 0 Å². The molecule has 0 radical (unpaired) electrons. The number of halogens is 1. The van der Waals surface area contributed by atoms with Crippen LogP contribution in [0.5, 0.6) is 0 Å². The molecule has 0 aliphatic rings. The van der Waals surface area contributed by atoms with Gasteiger partial charge in [0.2, 0.25) is 0 Å². The highest BCUT2D eigenvalue weighted by atomic mass is 19.1. The number of H-pyrrole nitrogens is 2. The largest absolute Gasteiger partial charge is 0.335 e. The fourth-order valence-corrected chi connectivity index (χ4v) is 4.99. The van der Waals surface area contributed by atoms with Crippen molar-refractivity contribution >= 4 is 22.1 Å². The van der Waals surface area contributed by atoms with Crippen LogP contribution in [0, 0.1) is 5.82 Å². The second kappa shape index (κ2) is 10.2. The van der Waals surface area contributed by atoms with Crippen LogP contribution in [0.2, 0.25) is 0 Å². The molecule has 8 heteroatoms. The Labute approximate surface area is 229 Å². The molecule has 0 saturated carbocycles. The Morgan fingerprint density at radius 1 is 0.775 bits per heavy atom. The van der Waals surface area contributed by atoms with Crippen molar-refractivity contribution in [1.29, 1.82) is 0 Å². The van der Waals surface area contributed by atoms with E-state index in [9.17, 15) is 4.39 Å². The number of nitrogens with one attached hydrogen (secondary N) is 3. The quantitative estimate of drug-likeness (QED) is 0.216. The minimum atomic E-state index is -0.299. The van der Waals surface area contributed by atoms with Gasteiger partial charge < -0.3 is 10.3 Å². The van der Waals surface area contributed by atoms with Gasteiger partial charge in [0, 0.05) is 53.8 Å². The zero-order valence-corrected chi connectivity index (χ0v) is 21.4. The summed E-state index contributed by atoms with van der Waals surface area (Å²) in [5.74, 6) is 0.263. The van der Waals surface area contributed by atoms with Gasteiger partial charge in [-0.15, -0.1) is 0 Å². The zero-order chi connectivity index (χ0) is 26.9. The number of nitrogens with zero attached hydrogens (tertiary/aromatic N) is 4. The Morgan fingerprint density at radius 2 is 1.62 bits per heavy atom. The van der Waals surface area contributed by atoms with Gasteiger partial charge in [0.25, 0.3) is 0 Å². The SMILES string of the molecule is Fc1ccccc1-c1ccnc2nc(-c3n[nH]c4ccc(-c5cncc(CNCc6ccccc6)c5)cc34)[nH]c12. The van der Waals surface area contributed by atoms with Crippen molar-refractivity contribution in [2.45, 2.75) is 13.1 Å². The summed E-state index contributed by atoms with van der Waals surface area (Å²) in [5.41, 5.74) is 8.29. The lowest BCUT2D eigenvalue weighted by molar-refractivity contribution is 0.631. The molecule has 7 aromatic rings. The molecule has 194 valence electrons. The molecule has 0 aliphatic carbocycles. The standard InChI is InChI=1S/C32H24FN7/c33-27-9-5-4-8-24(27)25-12-13-36-31-29(25)37-32(38-31)30-26-15-22(10-11-28(26)39-40-30)23-14-21(18-35-19-23)17-34-16-20-6-2-1-3-7-20/h1-15,18-19,34H,16-17H2,(H,39,40)(H,36,37,38). The maximum Gasteiger partial charge on any atom is 0.178 e. The number of pyridine rings is 2. The van der Waals surface area contributed by atoms with Crippen LogP contribution in [0.15, 0.2) is 104 Å². The average molecular weight is 526 g/mol. The van der Waals surface area contributed by atoms with Crippen molar-refractivity contribution < 1.29 is 4.39 Å². The number of benzene rings is 3. The molecule has 4 aromatic heterocycles. The van der Waals surface area contributed by atoms with E-state index in [1.54, 1.807) is 24.4 Å². The van der Waals surface area contributed by atoms with E-state index in [0.717, 1.165) is 34.1 Å². The smallest absolute Gasteiger partial charge is 0.178 e. The summed E-state index contributed by atoms with van der Waals surface area (Å²) < 4.78 is 14.6. The first-order chi connectivity index (χ1) is 19.7. The third kappa shape index (κ3) is 4.50. The highest BCUT2D eigenvalue weighted by molar-refractivity contribution is 5.97. The number of aromatic amines is 2. The van der Waals surface area contributed by atoms with Gasteiger partial charge in [0.1, 0.15) is 11.5 Å². The van der Waals surface area contributed by atoms with Crippen molar-refractivity contribution in [2.24, 2.45) is 0 Å². The van der Waals surface area contributed by atoms with E-state index in [-0.39, 0.29) is 5.82 Å². The number of imidazole rings is 1. The predicted octanol–water partition coefficient (Wildman–Crippen LogP) is 6.66. The minimum Gasteiger partial charge on any atom is -0.335 e. The first kappa shape index (κ1) is 23.9. The molecule has 40 heavy (non-hydrogen) atoms. The van der Waals surface area contributed by atoms with Gasteiger partial charge in [-0.1, -0.05) is 54.6 Å². The number of aromatic nitrogens is 6. The maximum absolute atomic E-state index is 14.6. The van der Waals surface area contributed by atoms with Crippen LogP contribution in [0.1, 0.15) is 11.1 Å². The first-order valence-electron chi connectivity index (χ1n) is 13.0. The normalized spacial score (nSPS) is 11.4. The molecule has 0 saturated heterocycles. The van der Waals surface area contributed by atoms with E-state index >= 15 is 0 Å². The van der Waals surface area contributed by atoms with Crippen LogP contribution in [0.3, 0.4) is 0 Å². The molecule has 0 spiro atoms. The lowest BCUT2D eigenvalue weighted by Gasteiger charge is -2.07. The van der Waals surface area contributed by atoms with Crippen molar-refractivity contribution in [1.82, 2.24) is 35.5 Å². The van der Waals surface area contributed by atoms with Gasteiger partial charge in [0.15, 0.2) is 11.5 Å². The molecule has 0 bridgehead atoms. The molecule has 7 rings (SSSR count). The molecule has 0 atom stereocenters. The molecule has 4 heterocycles. The third-order valence-corrected chi connectivity index (χ3v) is 6.97. The lowest BCUT2D eigenvalue weighted by Crippen LogP contribution is -2.12. The summed E-state index contributed by atoms with van der Waals surface area (Å²) in [4.78, 5) is 16.9. The van der Waals surface area contributed by atoms with Crippen molar-refractivity contribution in [3.8, 4) is 33.8 Å². The van der Waals surface area contributed by atoms with Crippen molar-refractivity contribution in [3.05, 3.63) is 120 Å². The zero-order valence-electron chi connectivity index (χ0n) is 21.4. The van der Waals surface area contributed by atoms with Crippen molar-refractivity contribution in [2.75, 3.05) is 0 Å². The molecule has 3 N–H and O–H groups in total. The Balaban J connectivity index is 1.21. The Kier molecular flexibility index (Phi) is 6.07. The Hall–Kier alpha value is -5.21. The molecule has 0 amide bonds. The van der Waals surface area contributed by atoms with Gasteiger partial charge >= 0.3 is 0 Å². The Bertz CT molecular complexity index is 1960. The second-order valence-corrected chi connectivity index (χ2v) is 9.63. The number of hydrogen-bond acceptors (Lipinski definition) is 5. The van der Waals surface area contributed by atoms with E-state index in [0.29, 0.717) is 40.4 Å². The van der Waals surface area contributed by atoms with Crippen LogP contribution < -0.4 is 5.32 Å². The third-order valence-electron chi connectivity index (χ3n) is 6.97. The Morgan fingerprint density at radius 3 is 2.52 bits per heavy atom. The van der Waals surface area contributed by atoms with E-state index < -0.39 is 0 Å². The topological polar surface area (TPSA) is 95.2 Å². The van der Waals surface area contributed by atoms with E-state index in [2.05, 4.69) is 60.8 Å². The maximum atomic E-state index is 14.6. The van der Waals surface area contributed by atoms with Crippen LogP contribution in [0.4, 0.5) is 4.39 Å². The molecular weight excluding hydrogens is 501 g/mol. The molecule has 0 aliphatic heterocycles.